The molecule has 0 saturated heterocycles. The highest BCUT2D eigenvalue weighted by atomic mass is 16.6. The van der Waals surface area contributed by atoms with Crippen LogP contribution in [0.2, 0.25) is 0 Å². The third-order valence-corrected chi connectivity index (χ3v) is 9.87. The van der Waals surface area contributed by atoms with Crippen LogP contribution in [0.3, 0.4) is 0 Å². The van der Waals surface area contributed by atoms with Crippen molar-refractivity contribution >= 4 is 0 Å². The summed E-state index contributed by atoms with van der Waals surface area (Å²) in [7, 11) is 0. The number of nitrogens with zero attached hydrogens (tertiary/aromatic N) is 1. The zero-order valence-electron chi connectivity index (χ0n) is 28.7. The largest absolute Gasteiger partial charge is 0.487 e. The molecule has 2 aromatic carbocycles. The lowest BCUT2D eigenvalue weighted by atomic mass is 9.83. The van der Waals surface area contributed by atoms with E-state index in [4.69, 9.17) is 9.47 Å². The maximum atomic E-state index is 11.0. The molecule has 43 heavy (non-hydrogen) atoms. The first-order chi connectivity index (χ1) is 20.3. The van der Waals surface area contributed by atoms with Crippen LogP contribution in [0.15, 0.2) is 24.3 Å². The fraction of sp³-hybridized carbons (Fsp3) is 0.684. The van der Waals surface area contributed by atoms with Crippen molar-refractivity contribution in [1.29, 1.82) is 0 Å². The highest BCUT2D eigenvalue weighted by molar-refractivity contribution is 5.60. The van der Waals surface area contributed by atoms with Gasteiger partial charge in [-0.2, -0.15) is 0 Å². The molecule has 0 aliphatic carbocycles. The number of rotatable bonds is 17. The summed E-state index contributed by atoms with van der Waals surface area (Å²) in [4.78, 5) is 10.8. The summed E-state index contributed by atoms with van der Waals surface area (Å²) in [5.41, 5.74) is 5.50. The maximum Gasteiger partial charge on any atom is 0.214 e. The summed E-state index contributed by atoms with van der Waals surface area (Å²) < 4.78 is 13.3. The molecule has 4 atom stereocenters. The molecule has 0 aromatic heterocycles. The number of ether oxygens (including phenoxy) is 2. The number of hydrogen-bond acceptors (Lipinski definition) is 4. The predicted molar refractivity (Wildman–Crippen MR) is 179 cm³/mol. The first kappa shape index (κ1) is 34.9. The highest BCUT2D eigenvalue weighted by Gasteiger charge is 2.34. The Bertz CT molecular complexity index is 1190. The van der Waals surface area contributed by atoms with Gasteiger partial charge in [-0.1, -0.05) is 84.8 Å². The number of benzene rings is 2. The molecule has 3 rings (SSSR count). The van der Waals surface area contributed by atoms with E-state index in [1.807, 2.05) is 24.3 Å². The van der Waals surface area contributed by atoms with E-state index in [0.717, 1.165) is 76.5 Å². The zero-order chi connectivity index (χ0) is 31.7. The van der Waals surface area contributed by atoms with Crippen molar-refractivity contribution in [2.24, 2.45) is 17.8 Å². The van der Waals surface area contributed by atoms with E-state index >= 15 is 0 Å². The van der Waals surface area contributed by atoms with Gasteiger partial charge in [0.2, 0.25) is 6.04 Å². The summed E-state index contributed by atoms with van der Waals surface area (Å²) in [6, 6.07) is 7.08. The average molecular weight is 594 g/mol. The summed E-state index contributed by atoms with van der Waals surface area (Å²) in [6.45, 7) is 19.9. The van der Waals surface area contributed by atoms with Crippen LogP contribution >= 0.6 is 0 Å². The van der Waals surface area contributed by atoms with Gasteiger partial charge in [-0.3, -0.25) is 10.1 Å². The van der Waals surface area contributed by atoms with Crippen LogP contribution in [0.5, 0.6) is 17.2 Å². The Morgan fingerprint density at radius 1 is 0.860 bits per heavy atom. The summed E-state index contributed by atoms with van der Waals surface area (Å²) in [6.07, 6.45) is 14.2. The molecule has 240 valence electrons. The van der Waals surface area contributed by atoms with Gasteiger partial charge in [-0.15, -0.1) is 0 Å². The van der Waals surface area contributed by atoms with Crippen LogP contribution in [-0.4, -0.2) is 16.6 Å². The fourth-order valence-corrected chi connectivity index (χ4v) is 6.64. The number of hydrogen-bond donors (Lipinski definition) is 0. The van der Waals surface area contributed by atoms with Crippen molar-refractivity contribution in [1.82, 2.24) is 0 Å². The first-order valence-corrected chi connectivity index (χ1v) is 17.0. The molecule has 0 saturated carbocycles. The Labute approximate surface area is 262 Å². The van der Waals surface area contributed by atoms with Crippen LogP contribution in [0, 0.1) is 48.6 Å². The lowest BCUT2D eigenvalue weighted by molar-refractivity contribution is -0.517. The van der Waals surface area contributed by atoms with Crippen molar-refractivity contribution < 1.29 is 14.4 Å². The Kier molecular flexibility index (Phi) is 13.0. The van der Waals surface area contributed by atoms with Crippen LogP contribution in [0.1, 0.15) is 134 Å². The zero-order valence-corrected chi connectivity index (χ0v) is 28.7. The van der Waals surface area contributed by atoms with Crippen LogP contribution in [0.25, 0.3) is 0 Å². The Morgan fingerprint density at radius 2 is 1.44 bits per heavy atom. The second kappa shape index (κ2) is 16.0. The molecule has 0 spiro atoms. The molecular weight excluding hydrogens is 534 g/mol. The minimum atomic E-state index is -0.600. The van der Waals surface area contributed by atoms with Gasteiger partial charge in [0.05, 0.1) is 0 Å². The second-order valence-electron chi connectivity index (χ2n) is 14.5. The summed E-state index contributed by atoms with van der Waals surface area (Å²) in [5.74, 6) is 5.17. The van der Waals surface area contributed by atoms with E-state index in [1.54, 1.807) is 6.92 Å². The van der Waals surface area contributed by atoms with Crippen molar-refractivity contribution in [3.63, 3.8) is 0 Å². The van der Waals surface area contributed by atoms with Crippen molar-refractivity contribution in [3.05, 3.63) is 62.2 Å². The lowest BCUT2D eigenvalue weighted by Crippen LogP contribution is -2.37. The minimum Gasteiger partial charge on any atom is -0.487 e. The van der Waals surface area contributed by atoms with Gasteiger partial charge in [0.1, 0.15) is 22.8 Å². The highest BCUT2D eigenvalue weighted by Crippen LogP contribution is 2.46. The fourth-order valence-electron chi connectivity index (χ4n) is 6.64. The first-order valence-electron chi connectivity index (χ1n) is 17.0. The van der Waals surface area contributed by atoms with Gasteiger partial charge in [0, 0.05) is 23.8 Å². The van der Waals surface area contributed by atoms with Crippen LogP contribution in [-0.2, 0) is 12.8 Å². The van der Waals surface area contributed by atoms with E-state index < -0.39 is 6.04 Å². The molecular formula is C38H59NO4. The summed E-state index contributed by atoms with van der Waals surface area (Å²) in [5, 5.41) is 11.0. The van der Waals surface area contributed by atoms with E-state index in [-0.39, 0.29) is 10.5 Å². The average Bonchev–Trinajstić information content (AvgIpc) is 2.94. The van der Waals surface area contributed by atoms with Gasteiger partial charge in [-0.05, 0) is 106 Å². The van der Waals surface area contributed by atoms with Crippen molar-refractivity contribution in [2.75, 3.05) is 0 Å². The molecule has 1 heterocycles. The van der Waals surface area contributed by atoms with E-state index in [9.17, 15) is 10.1 Å². The van der Waals surface area contributed by atoms with Gasteiger partial charge in [0.15, 0.2) is 0 Å². The second-order valence-corrected chi connectivity index (χ2v) is 14.5. The van der Waals surface area contributed by atoms with Crippen LogP contribution < -0.4 is 9.47 Å². The minimum absolute atomic E-state index is 0.125. The number of nitro groups is 1. The molecule has 0 radical (unpaired) electrons. The third kappa shape index (κ3) is 10.3. The van der Waals surface area contributed by atoms with Gasteiger partial charge < -0.3 is 9.47 Å². The van der Waals surface area contributed by atoms with E-state index in [1.165, 1.54) is 56.9 Å². The Morgan fingerprint density at radius 3 is 2.02 bits per heavy atom. The van der Waals surface area contributed by atoms with Crippen molar-refractivity contribution in [3.8, 4) is 17.2 Å². The molecule has 5 nitrogen and oxygen atoms in total. The molecule has 2 aromatic rings. The molecule has 0 N–H and O–H groups in total. The monoisotopic (exact) mass is 593 g/mol. The molecule has 5 heteroatoms. The lowest BCUT2D eigenvalue weighted by Gasteiger charge is -2.38. The normalized spacial score (nSPS) is 18.6. The molecule has 0 fully saturated rings. The quantitative estimate of drug-likeness (QED) is 0.135. The van der Waals surface area contributed by atoms with Crippen LogP contribution in [0.4, 0.5) is 0 Å². The molecule has 0 amide bonds. The summed E-state index contributed by atoms with van der Waals surface area (Å²) >= 11 is 0. The Balaban J connectivity index is 1.53. The van der Waals surface area contributed by atoms with Crippen molar-refractivity contribution in [2.45, 2.75) is 151 Å². The van der Waals surface area contributed by atoms with Gasteiger partial charge in [0.25, 0.3) is 0 Å². The standard InChI is InChI=1S/C38H59NO4/c1-26(2)13-10-14-27(3)15-11-16-28(4)17-12-23-38(9)24-22-35-32(8)36(30(6)31(7)37(35)43-38)42-34-20-18-33(19-21-34)25-29(5)39(40)41/h18-21,26-29H,10-17,22-25H2,1-9H3/t27-,28-,29?,38+/m0/s1. The predicted octanol–water partition coefficient (Wildman–Crippen LogP) is 11.1. The topological polar surface area (TPSA) is 61.6 Å². The molecule has 0 bridgehead atoms. The number of fused-ring (bicyclic) bond motifs is 1. The molecule has 1 unspecified atom stereocenters. The van der Waals surface area contributed by atoms with E-state index in [2.05, 4.69) is 55.4 Å². The van der Waals surface area contributed by atoms with Gasteiger partial charge >= 0.3 is 0 Å². The SMILES string of the molecule is Cc1c(C)c2c(c(C)c1Oc1ccc(CC(C)[N+](=O)[O-])cc1)CC[C@@](C)(CCC[C@@H](C)CCC[C@@H](C)CCCC(C)C)O2. The maximum absolute atomic E-state index is 11.0. The van der Waals surface area contributed by atoms with E-state index in [0.29, 0.717) is 6.42 Å². The molecule has 1 aliphatic heterocycles. The third-order valence-electron chi connectivity index (χ3n) is 9.87. The Hall–Kier alpha value is -2.56. The molecule has 1 aliphatic rings. The smallest absolute Gasteiger partial charge is 0.214 e. The van der Waals surface area contributed by atoms with Gasteiger partial charge in [-0.25, -0.2) is 0 Å².